The van der Waals surface area contributed by atoms with Crippen LogP contribution in [-0.2, 0) is 4.79 Å². The highest BCUT2D eigenvalue weighted by atomic mass is 32.1. The number of thiophene rings is 1. The average Bonchev–Trinajstić information content (AvgIpc) is 2.68. The molecule has 0 spiro atoms. The van der Waals surface area contributed by atoms with E-state index in [2.05, 4.69) is 44.4 Å². The van der Waals surface area contributed by atoms with E-state index in [0.29, 0.717) is 0 Å². The molecule has 108 valence electrons. The van der Waals surface area contributed by atoms with Gasteiger partial charge in [0.1, 0.15) is 0 Å². The first-order valence-corrected chi connectivity index (χ1v) is 7.88. The van der Waals surface area contributed by atoms with E-state index in [-0.39, 0.29) is 18.0 Å². The van der Waals surface area contributed by atoms with Crippen LogP contribution in [0.2, 0.25) is 0 Å². The van der Waals surface area contributed by atoms with Crippen LogP contribution < -0.4 is 10.6 Å². The minimum Gasteiger partial charge on any atom is -0.355 e. The molecule has 0 fully saturated rings. The van der Waals surface area contributed by atoms with Gasteiger partial charge in [0.05, 0.1) is 6.04 Å². The third-order valence-corrected chi connectivity index (χ3v) is 4.25. The van der Waals surface area contributed by atoms with Gasteiger partial charge in [0.15, 0.2) is 0 Å². The minimum atomic E-state index is -0.161. The number of unbranched alkanes of at least 4 members (excludes halogenated alkanes) is 1. The van der Waals surface area contributed by atoms with E-state index in [1.807, 2.05) is 18.3 Å². The van der Waals surface area contributed by atoms with Gasteiger partial charge in [0.25, 0.3) is 0 Å². The van der Waals surface area contributed by atoms with Crippen LogP contribution in [-0.4, -0.2) is 18.5 Å². The monoisotopic (exact) mass is 282 g/mol. The maximum absolute atomic E-state index is 11.9. The number of nitrogens with one attached hydrogen (secondary N) is 2. The van der Waals surface area contributed by atoms with Gasteiger partial charge in [0.2, 0.25) is 5.91 Å². The predicted molar refractivity (Wildman–Crippen MR) is 82.7 cm³/mol. The molecule has 19 heavy (non-hydrogen) atoms. The second-order valence-corrected chi connectivity index (χ2v) is 6.58. The second kappa shape index (κ2) is 7.65. The molecule has 0 aliphatic heterocycles. The SMILES string of the molecule is CCCCNC(=O)C(C)NC(C)c1cc(C)sc1C. The molecule has 0 bridgehead atoms. The van der Waals surface area contributed by atoms with Gasteiger partial charge in [0, 0.05) is 22.3 Å². The highest BCUT2D eigenvalue weighted by Crippen LogP contribution is 2.26. The Bertz CT molecular complexity index is 414. The van der Waals surface area contributed by atoms with E-state index in [9.17, 15) is 4.79 Å². The van der Waals surface area contributed by atoms with Crippen LogP contribution in [0.5, 0.6) is 0 Å². The Hall–Kier alpha value is -0.870. The summed E-state index contributed by atoms with van der Waals surface area (Å²) < 4.78 is 0. The molecule has 2 unspecified atom stereocenters. The van der Waals surface area contributed by atoms with Crippen molar-refractivity contribution < 1.29 is 4.79 Å². The predicted octanol–water partition coefficient (Wildman–Crippen LogP) is 3.32. The number of amides is 1. The fourth-order valence-electron chi connectivity index (χ4n) is 2.16. The van der Waals surface area contributed by atoms with Crippen LogP contribution in [0.1, 0.15) is 55.0 Å². The van der Waals surface area contributed by atoms with Gasteiger partial charge in [-0.2, -0.15) is 0 Å². The molecule has 0 aliphatic carbocycles. The molecule has 1 aromatic heterocycles. The fourth-order valence-corrected chi connectivity index (χ4v) is 3.18. The molecule has 0 saturated heterocycles. The lowest BCUT2D eigenvalue weighted by atomic mass is 10.1. The number of carbonyl (C=O) groups is 1. The molecule has 1 aromatic rings. The van der Waals surface area contributed by atoms with Gasteiger partial charge < -0.3 is 5.32 Å². The lowest BCUT2D eigenvalue weighted by Crippen LogP contribution is -2.43. The molecular weight excluding hydrogens is 256 g/mol. The summed E-state index contributed by atoms with van der Waals surface area (Å²) in [6, 6.07) is 2.25. The Balaban J connectivity index is 2.49. The summed E-state index contributed by atoms with van der Waals surface area (Å²) >= 11 is 1.81. The van der Waals surface area contributed by atoms with Gasteiger partial charge in [-0.15, -0.1) is 11.3 Å². The van der Waals surface area contributed by atoms with Crippen LogP contribution in [0.3, 0.4) is 0 Å². The van der Waals surface area contributed by atoms with Crippen molar-refractivity contribution in [3.63, 3.8) is 0 Å². The van der Waals surface area contributed by atoms with Crippen LogP contribution in [0.25, 0.3) is 0 Å². The largest absolute Gasteiger partial charge is 0.355 e. The van der Waals surface area contributed by atoms with Crippen LogP contribution >= 0.6 is 11.3 Å². The van der Waals surface area contributed by atoms with Crippen molar-refractivity contribution in [2.24, 2.45) is 0 Å². The zero-order valence-corrected chi connectivity index (χ0v) is 13.5. The zero-order valence-electron chi connectivity index (χ0n) is 12.7. The fraction of sp³-hybridized carbons (Fsp3) is 0.667. The number of rotatable bonds is 7. The van der Waals surface area contributed by atoms with E-state index in [1.165, 1.54) is 15.3 Å². The number of hydrogen-bond donors (Lipinski definition) is 2. The van der Waals surface area contributed by atoms with E-state index < -0.39 is 0 Å². The first-order valence-electron chi connectivity index (χ1n) is 7.06. The molecule has 0 aliphatic rings. The lowest BCUT2D eigenvalue weighted by molar-refractivity contribution is -0.122. The molecule has 1 amide bonds. The van der Waals surface area contributed by atoms with Crippen LogP contribution in [0.4, 0.5) is 0 Å². The maximum atomic E-state index is 11.9. The second-order valence-electron chi connectivity index (χ2n) is 5.12. The molecule has 3 nitrogen and oxygen atoms in total. The van der Waals surface area contributed by atoms with Crippen LogP contribution in [0, 0.1) is 13.8 Å². The van der Waals surface area contributed by atoms with Gasteiger partial charge in [-0.05, 0) is 45.7 Å². The number of carbonyl (C=O) groups excluding carboxylic acids is 1. The first-order chi connectivity index (χ1) is 8.95. The third kappa shape index (κ3) is 4.96. The highest BCUT2D eigenvalue weighted by molar-refractivity contribution is 7.12. The summed E-state index contributed by atoms with van der Waals surface area (Å²) in [6.07, 6.45) is 2.14. The Labute approximate surface area is 120 Å². The molecule has 0 radical (unpaired) electrons. The summed E-state index contributed by atoms with van der Waals surface area (Å²) in [4.78, 5) is 14.6. The molecular formula is C15H26N2OS. The van der Waals surface area contributed by atoms with Gasteiger partial charge in [-0.3, -0.25) is 10.1 Å². The van der Waals surface area contributed by atoms with Gasteiger partial charge >= 0.3 is 0 Å². The smallest absolute Gasteiger partial charge is 0.236 e. The number of hydrogen-bond acceptors (Lipinski definition) is 3. The summed E-state index contributed by atoms with van der Waals surface area (Å²) in [7, 11) is 0. The van der Waals surface area contributed by atoms with Crippen molar-refractivity contribution in [2.45, 2.75) is 59.5 Å². The van der Waals surface area contributed by atoms with Gasteiger partial charge in [-0.1, -0.05) is 13.3 Å². The van der Waals surface area contributed by atoms with Crippen molar-refractivity contribution in [3.05, 3.63) is 21.4 Å². The van der Waals surface area contributed by atoms with E-state index >= 15 is 0 Å². The third-order valence-electron chi connectivity index (χ3n) is 3.27. The molecule has 0 aromatic carbocycles. The molecule has 2 N–H and O–H groups in total. The highest BCUT2D eigenvalue weighted by Gasteiger charge is 2.17. The summed E-state index contributed by atoms with van der Waals surface area (Å²) in [5.74, 6) is 0.0879. The lowest BCUT2D eigenvalue weighted by Gasteiger charge is -2.19. The first kappa shape index (κ1) is 16.2. The molecule has 1 rings (SSSR count). The standard InChI is InChI=1S/C15H26N2OS/c1-6-7-8-16-15(18)12(4)17-11(3)14-9-10(2)19-13(14)5/h9,11-12,17H,6-8H2,1-5H3,(H,16,18). The minimum absolute atomic E-state index is 0.0879. The Morgan fingerprint density at radius 2 is 2.05 bits per heavy atom. The topological polar surface area (TPSA) is 41.1 Å². The molecule has 2 atom stereocenters. The Morgan fingerprint density at radius 1 is 1.37 bits per heavy atom. The summed E-state index contributed by atoms with van der Waals surface area (Å²) in [5, 5.41) is 6.33. The van der Waals surface area contributed by atoms with Crippen molar-refractivity contribution in [3.8, 4) is 0 Å². The van der Waals surface area contributed by atoms with E-state index in [0.717, 1.165) is 19.4 Å². The van der Waals surface area contributed by atoms with E-state index in [4.69, 9.17) is 0 Å². The normalized spacial score (nSPS) is 14.2. The summed E-state index contributed by atoms with van der Waals surface area (Å²) in [5.41, 5.74) is 1.30. The molecule has 1 heterocycles. The maximum Gasteiger partial charge on any atom is 0.236 e. The van der Waals surface area contributed by atoms with Crippen molar-refractivity contribution in [1.82, 2.24) is 10.6 Å². The number of aryl methyl sites for hydroxylation is 2. The zero-order chi connectivity index (χ0) is 14.4. The van der Waals surface area contributed by atoms with Crippen LogP contribution in [0.15, 0.2) is 6.07 Å². The van der Waals surface area contributed by atoms with Crippen molar-refractivity contribution in [2.75, 3.05) is 6.54 Å². The summed E-state index contributed by atoms with van der Waals surface area (Å²) in [6.45, 7) is 11.2. The quantitative estimate of drug-likeness (QED) is 0.753. The molecule has 0 saturated carbocycles. The van der Waals surface area contributed by atoms with E-state index in [1.54, 1.807) is 0 Å². The Morgan fingerprint density at radius 3 is 2.58 bits per heavy atom. The molecule has 4 heteroatoms. The average molecular weight is 282 g/mol. The van der Waals surface area contributed by atoms with Crippen molar-refractivity contribution in [1.29, 1.82) is 0 Å². The van der Waals surface area contributed by atoms with Crippen molar-refractivity contribution >= 4 is 17.2 Å². The van der Waals surface area contributed by atoms with Gasteiger partial charge in [-0.25, -0.2) is 0 Å². The Kier molecular flexibility index (Phi) is 6.52.